The van der Waals surface area contributed by atoms with Gasteiger partial charge in [-0.1, -0.05) is 18.2 Å². The topological polar surface area (TPSA) is 125 Å². The van der Waals surface area contributed by atoms with Gasteiger partial charge >= 0.3 is 5.97 Å². The molecule has 3 aromatic rings. The lowest BCUT2D eigenvalue weighted by molar-refractivity contribution is -0.120. The molecule has 0 aliphatic carbocycles. The summed E-state index contributed by atoms with van der Waals surface area (Å²) >= 11 is 0. The van der Waals surface area contributed by atoms with E-state index in [4.69, 9.17) is 18.9 Å². The number of benzene rings is 3. The molecule has 0 aromatic heterocycles. The summed E-state index contributed by atoms with van der Waals surface area (Å²) in [7, 11) is 2.98. The zero-order valence-corrected chi connectivity index (χ0v) is 20.6. The minimum Gasteiger partial charge on any atom is -0.493 e. The quantitative estimate of drug-likeness (QED) is 0.177. The van der Waals surface area contributed by atoms with E-state index in [2.05, 4.69) is 15.8 Å². The summed E-state index contributed by atoms with van der Waals surface area (Å²) in [6.45, 7) is 1.89. The van der Waals surface area contributed by atoms with E-state index < -0.39 is 11.9 Å². The van der Waals surface area contributed by atoms with Gasteiger partial charge in [0.1, 0.15) is 0 Å². The molecule has 10 heteroatoms. The Bertz CT molecular complexity index is 1280. The Morgan fingerprint density at radius 3 is 2.27 bits per heavy atom. The van der Waals surface area contributed by atoms with Crippen LogP contribution in [0.3, 0.4) is 0 Å². The molecule has 3 rings (SSSR count). The number of hydrazone groups is 1. The second kappa shape index (κ2) is 13.3. The number of methoxy groups -OCH3 is 2. The van der Waals surface area contributed by atoms with Crippen LogP contribution < -0.4 is 29.7 Å². The Morgan fingerprint density at radius 1 is 0.838 bits per heavy atom. The van der Waals surface area contributed by atoms with E-state index in [9.17, 15) is 14.4 Å². The van der Waals surface area contributed by atoms with Crippen molar-refractivity contribution in [3.63, 3.8) is 0 Å². The van der Waals surface area contributed by atoms with Crippen molar-refractivity contribution in [3.05, 3.63) is 83.4 Å². The molecular weight excluding hydrogens is 478 g/mol. The molecule has 10 nitrogen and oxygen atoms in total. The van der Waals surface area contributed by atoms with E-state index in [1.807, 2.05) is 0 Å². The van der Waals surface area contributed by atoms with E-state index >= 15 is 0 Å². The number of rotatable bonds is 11. The van der Waals surface area contributed by atoms with Crippen molar-refractivity contribution in [2.75, 3.05) is 27.4 Å². The lowest BCUT2D eigenvalue weighted by Crippen LogP contribution is -2.34. The SMILES string of the molecule is CCOc1cc(/C=N/NC(=O)CNC(=O)c2ccccc2)ccc1OC(=O)c1ccc(OC)c(OC)c1. The fourth-order valence-corrected chi connectivity index (χ4v) is 3.15. The van der Waals surface area contributed by atoms with Gasteiger partial charge < -0.3 is 24.3 Å². The molecule has 192 valence electrons. The Labute approximate surface area is 214 Å². The monoisotopic (exact) mass is 505 g/mol. The minimum atomic E-state index is -0.604. The van der Waals surface area contributed by atoms with E-state index in [-0.39, 0.29) is 23.8 Å². The molecule has 2 N–H and O–H groups in total. The minimum absolute atomic E-state index is 0.214. The molecule has 0 aliphatic heterocycles. The van der Waals surface area contributed by atoms with Gasteiger partial charge in [-0.25, -0.2) is 10.2 Å². The molecule has 0 bridgehead atoms. The number of nitrogens with one attached hydrogen (secondary N) is 2. The number of carbonyl (C=O) groups excluding carboxylic acids is 3. The average Bonchev–Trinajstić information content (AvgIpc) is 2.93. The van der Waals surface area contributed by atoms with E-state index in [1.54, 1.807) is 67.6 Å². The molecule has 0 aliphatic rings. The van der Waals surface area contributed by atoms with Gasteiger partial charge in [0.15, 0.2) is 23.0 Å². The van der Waals surface area contributed by atoms with Crippen molar-refractivity contribution in [2.45, 2.75) is 6.92 Å². The van der Waals surface area contributed by atoms with Crippen molar-refractivity contribution < 1.29 is 33.3 Å². The molecule has 0 heterocycles. The molecule has 0 radical (unpaired) electrons. The normalized spacial score (nSPS) is 10.5. The van der Waals surface area contributed by atoms with Gasteiger partial charge in [-0.3, -0.25) is 9.59 Å². The Morgan fingerprint density at radius 2 is 1.57 bits per heavy atom. The second-order valence-corrected chi connectivity index (χ2v) is 7.44. The van der Waals surface area contributed by atoms with Crippen molar-refractivity contribution in [2.24, 2.45) is 5.10 Å². The van der Waals surface area contributed by atoms with E-state index in [0.717, 1.165) is 0 Å². The van der Waals surface area contributed by atoms with Crippen LogP contribution in [0.4, 0.5) is 0 Å². The van der Waals surface area contributed by atoms with Crippen LogP contribution in [0.25, 0.3) is 0 Å². The van der Waals surface area contributed by atoms with Crippen LogP contribution in [-0.4, -0.2) is 51.4 Å². The third kappa shape index (κ3) is 7.56. The Hall–Kier alpha value is -4.86. The molecular formula is C27H27N3O7. The maximum atomic E-state index is 12.7. The van der Waals surface area contributed by atoms with Crippen molar-refractivity contribution in [1.82, 2.24) is 10.7 Å². The van der Waals surface area contributed by atoms with Gasteiger partial charge in [0, 0.05) is 5.56 Å². The lowest BCUT2D eigenvalue weighted by atomic mass is 10.2. The lowest BCUT2D eigenvalue weighted by Gasteiger charge is -2.12. The van der Waals surface area contributed by atoms with Gasteiger partial charge in [0.25, 0.3) is 11.8 Å². The summed E-state index contributed by atoms with van der Waals surface area (Å²) in [5.74, 6) is -0.0368. The third-order valence-electron chi connectivity index (χ3n) is 4.94. The first-order valence-corrected chi connectivity index (χ1v) is 11.3. The predicted molar refractivity (Wildman–Crippen MR) is 137 cm³/mol. The highest BCUT2D eigenvalue weighted by molar-refractivity contribution is 5.96. The molecule has 37 heavy (non-hydrogen) atoms. The number of esters is 1. The second-order valence-electron chi connectivity index (χ2n) is 7.44. The smallest absolute Gasteiger partial charge is 0.343 e. The van der Waals surface area contributed by atoms with Crippen molar-refractivity contribution in [3.8, 4) is 23.0 Å². The van der Waals surface area contributed by atoms with E-state index in [0.29, 0.717) is 35.0 Å². The molecule has 3 aromatic carbocycles. The molecule has 0 saturated carbocycles. The molecule has 0 fully saturated rings. The van der Waals surface area contributed by atoms with Gasteiger partial charge in [-0.15, -0.1) is 0 Å². The van der Waals surface area contributed by atoms with Crippen LogP contribution in [0, 0.1) is 0 Å². The summed E-state index contributed by atoms with van der Waals surface area (Å²) in [5, 5.41) is 6.42. The van der Waals surface area contributed by atoms with Crippen LogP contribution in [0.2, 0.25) is 0 Å². The zero-order chi connectivity index (χ0) is 26.6. The number of hydrogen-bond acceptors (Lipinski definition) is 8. The average molecular weight is 506 g/mol. The standard InChI is InChI=1S/C27H27N3O7/c1-4-36-24-14-18(16-29-30-25(31)17-28-26(32)19-8-6-5-7-9-19)10-12-22(24)37-27(33)20-11-13-21(34-2)23(15-20)35-3/h5-16H,4,17H2,1-3H3,(H,28,32)(H,30,31)/b29-16+. The highest BCUT2D eigenvalue weighted by atomic mass is 16.6. The number of nitrogens with zero attached hydrogens (tertiary/aromatic N) is 1. The van der Waals surface area contributed by atoms with Gasteiger partial charge in [-0.05, 0) is 61.0 Å². The van der Waals surface area contributed by atoms with Crippen LogP contribution in [0.5, 0.6) is 23.0 Å². The summed E-state index contributed by atoms with van der Waals surface area (Å²) in [6, 6.07) is 18.1. The van der Waals surface area contributed by atoms with Crippen molar-refractivity contribution in [1.29, 1.82) is 0 Å². The van der Waals surface area contributed by atoms with Gasteiger partial charge in [0.2, 0.25) is 0 Å². The van der Waals surface area contributed by atoms with Crippen LogP contribution in [-0.2, 0) is 4.79 Å². The highest BCUT2D eigenvalue weighted by Gasteiger charge is 2.16. The molecule has 2 amide bonds. The first kappa shape index (κ1) is 26.7. The summed E-state index contributed by atoms with van der Waals surface area (Å²) in [4.78, 5) is 36.7. The molecule has 0 saturated heterocycles. The van der Waals surface area contributed by atoms with Crippen LogP contribution >= 0.6 is 0 Å². The van der Waals surface area contributed by atoms with Crippen molar-refractivity contribution >= 4 is 24.0 Å². The zero-order valence-electron chi connectivity index (χ0n) is 20.6. The fourth-order valence-electron chi connectivity index (χ4n) is 3.15. The van der Waals surface area contributed by atoms with Gasteiger partial charge in [0.05, 0.1) is 39.1 Å². The maximum Gasteiger partial charge on any atom is 0.343 e. The molecule has 0 unspecified atom stereocenters. The molecule has 0 atom stereocenters. The largest absolute Gasteiger partial charge is 0.493 e. The van der Waals surface area contributed by atoms with E-state index in [1.165, 1.54) is 26.5 Å². The number of amides is 2. The fraction of sp³-hybridized carbons (Fsp3) is 0.185. The van der Waals surface area contributed by atoms with Crippen LogP contribution in [0.15, 0.2) is 71.8 Å². The maximum absolute atomic E-state index is 12.7. The first-order valence-electron chi connectivity index (χ1n) is 11.3. The molecule has 0 spiro atoms. The number of ether oxygens (including phenoxy) is 4. The Balaban J connectivity index is 1.61. The first-order chi connectivity index (χ1) is 17.9. The van der Waals surface area contributed by atoms with Gasteiger partial charge in [-0.2, -0.15) is 5.10 Å². The third-order valence-corrected chi connectivity index (χ3v) is 4.94. The summed E-state index contributed by atoms with van der Waals surface area (Å²) in [5.41, 5.74) is 3.66. The number of carbonyl (C=O) groups is 3. The summed E-state index contributed by atoms with van der Waals surface area (Å²) < 4.78 is 21.6. The summed E-state index contributed by atoms with van der Waals surface area (Å²) in [6.07, 6.45) is 1.40. The Kier molecular flexibility index (Phi) is 9.60. The highest BCUT2D eigenvalue weighted by Crippen LogP contribution is 2.31. The predicted octanol–water partition coefficient (Wildman–Crippen LogP) is 3.20. The van der Waals surface area contributed by atoms with Crippen LogP contribution in [0.1, 0.15) is 33.2 Å². The number of hydrogen-bond donors (Lipinski definition) is 2.